The standard InChI is InChI=1S/C8H8O2.C7H5ClO/c1-10-8(9)7-5-3-2-4-6-7;8-6-3-5-1-2-7(6)9-4-5/h2-6H,1H3;1-3H,4H2. The molecule has 98 valence electrons. The summed E-state index contributed by atoms with van der Waals surface area (Å²) in [5, 5.41) is 0.721. The molecule has 2 aromatic carbocycles. The van der Waals surface area contributed by atoms with Crippen molar-refractivity contribution in [1.82, 2.24) is 0 Å². The molecular formula is C15H13ClO3. The van der Waals surface area contributed by atoms with Crippen LogP contribution in [0.3, 0.4) is 0 Å². The molecule has 0 aliphatic carbocycles. The maximum Gasteiger partial charge on any atom is 0.337 e. The average molecular weight is 277 g/mol. The van der Waals surface area contributed by atoms with Gasteiger partial charge < -0.3 is 9.47 Å². The Labute approximate surface area is 116 Å². The maximum atomic E-state index is 10.8. The van der Waals surface area contributed by atoms with Gasteiger partial charge in [-0.25, -0.2) is 4.79 Å². The lowest BCUT2D eigenvalue weighted by Gasteiger charge is -2.14. The van der Waals surface area contributed by atoms with Gasteiger partial charge in [0.05, 0.1) is 17.7 Å². The van der Waals surface area contributed by atoms with E-state index < -0.39 is 0 Å². The highest BCUT2D eigenvalue weighted by molar-refractivity contribution is 6.32. The van der Waals surface area contributed by atoms with Gasteiger partial charge >= 0.3 is 5.97 Å². The van der Waals surface area contributed by atoms with E-state index in [0.29, 0.717) is 12.2 Å². The molecule has 19 heavy (non-hydrogen) atoms. The van der Waals surface area contributed by atoms with Gasteiger partial charge in [0.2, 0.25) is 0 Å². The minimum Gasteiger partial charge on any atom is -0.487 e. The highest BCUT2D eigenvalue weighted by Crippen LogP contribution is 2.30. The van der Waals surface area contributed by atoms with E-state index in [1.54, 1.807) is 24.3 Å². The van der Waals surface area contributed by atoms with Crippen molar-refractivity contribution in [3.8, 4) is 5.75 Å². The molecule has 0 aromatic heterocycles. The lowest BCUT2D eigenvalue weighted by atomic mass is 10.2. The zero-order chi connectivity index (χ0) is 13.7. The number of carbonyl (C=O) groups excluding carboxylic acids is 1. The van der Waals surface area contributed by atoms with Gasteiger partial charge in [0.25, 0.3) is 0 Å². The molecule has 4 heteroatoms. The first-order valence-electron chi connectivity index (χ1n) is 5.75. The number of hydrogen-bond acceptors (Lipinski definition) is 3. The van der Waals surface area contributed by atoms with Gasteiger partial charge in [-0.2, -0.15) is 0 Å². The highest BCUT2D eigenvalue weighted by atomic mass is 35.5. The molecule has 2 bridgehead atoms. The molecule has 0 saturated heterocycles. The second kappa shape index (κ2) is 6.25. The van der Waals surface area contributed by atoms with Crippen molar-refractivity contribution < 1.29 is 14.3 Å². The number of halogens is 1. The first-order chi connectivity index (χ1) is 9.20. The molecule has 0 amide bonds. The van der Waals surface area contributed by atoms with Crippen molar-refractivity contribution in [3.05, 3.63) is 64.7 Å². The Balaban J connectivity index is 0.000000141. The Bertz CT molecular complexity index is 567. The van der Waals surface area contributed by atoms with Crippen LogP contribution in [0.4, 0.5) is 0 Å². The number of methoxy groups -OCH3 is 1. The fourth-order valence-corrected chi connectivity index (χ4v) is 1.86. The number of rotatable bonds is 1. The van der Waals surface area contributed by atoms with E-state index in [1.807, 2.05) is 24.3 Å². The minimum atomic E-state index is -0.291. The van der Waals surface area contributed by atoms with Gasteiger partial charge in [0, 0.05) is 0 Å². The summed E-state index contributed by atoms with van der Waals surface area (Å²) in [5.74, 6) is 0.507. The Morgan fingerprint density at radius 3 is 2.32 bits per heavy atom. The van der Waals surface area contributed by atoms with Crippen LogP contribution in [-0.4, -0.2) is 13.1 Å². The van der Waals surface area contributed by atoms with E-state index in [2.05, 4.69) is 4.74 Å². The monoisotopic (exact) mass is 276 g/mol. The topological polar surface area (TPSA) is 35.5 Å². The van der Waals surface area contributed by atoms with Crippen molar-refractivity contribution >= 4 is 17.6 Å². The van der Waals surface area contributed by atoms with E-state index >= 15 is 0 Å². The first kappa shape index (κ1) is 13.4. The quantitative estimate of drug-likeness (QED) is 0.745. The molecule has 0 radical (unpaired) electrons. The summed E-state index contributed by atoms with van der Waals surface area (Å²) >= 11 is 5.74. The van der Waals surface area contributed by atoms with Crippen LogP contribution >= 0.6 is 11.6 Å². The third kappa shape index (κ3) is 3.48. The van der Waals surface area contributed by atoms with Crippen LogP contribution in [-0.2, 0) is 11.3 Å². The molecule has 0 unspecified atom stereocenters. The molecule has 0 spiro atoms. The van der Waals surface area contributed by atoms with Gasteiger partial charge in [-0.1, -0.05) is 35.9 Å². The second-order valence-corrected chi connectivity index (χ2v) is 4.32. The van der Waals surface area contributed by atoms with Crippen LogP contribution in [0.25, 0.3) is 0 Å². The summed E-state index contributed by atoms with van der Waals surface area (Å²) in [5.41, 5.74) is 1.74. The minimum absolute atomic E-state index is 0.291. The predicted molar refractivity (Wildman–Crippen MR) is 73.6 cm³/mol. The average Bonchev–Trinajstić information content (AvgIpc) is 2.49. The summed E-state index contributed by atoms with van der Waals surface area (Å²) in [7, 11) is 1.37. The van der Waals surface area contributed by atoms with E-state index in [9.17, 15) is 4.79 Å². The summed E-state index contributed by atoms with van der Waals surface area (Å²) < 4.78 is 9.68. The molecule has 0 atom stereocenters. The van der Waals surface area contributed by atoms with E-state index in [-0.39, 0.29) is 5.97 Å². The zero-order valence-corrected chi connectivity index (χ0v) is 11.2. The Morgan fingerprint density at radius 1 is 1.21 bits per heavy atom. The van der Waals surface area contributed by atoms with E-state index in [0.717, 1.165) is 16.3 Å². The van der Waals surface area contributed by atoms with Crippen LogP contribution in [0.15, 0.2) is 48.5 Å². The number of hydrogen-bond donors (Lipinski definition) is 0. The first-order valence-corrected chi connectivity index (χ1v) is 6.13. The molecule has 0 saturated carbocycles. The highest BCUT2D eigenvalue weighted by Gasteiger charge is 2.08. The van der Waals surface area contributed by atoms with Crippen molar-refractivity contribution in [2.45, 2.75) is 6.61 Å². The number of fused-ring (bicyclic) bond motifs is 3. The number of esters is 1. The second-order valence-electron chi connectivity index (χ2n) is 3.91. The number of ether oxygens (including phenoxy) is 2. The van der Waals surface area contributed by atoms with Gasteiger partial charge in [0.15, 0.2) is 0 Å². The Kier molecular flexibility index (Phi) is 4.42. The van der Waals surface area contributed by atoms with Crippen LogP contribution in [0.1, 0.15) is 15.9 Å². The largest absolute Gasteiger partial charge is 0.487 e. The fraction of sp³-hybridized carbons (Fsp3) is 0.133. The van der Waals surface area contributed by atoms with Crippen LogP contribution in [0, 0.1) is 0 Å². The molecule has 4 rings (SSSR count). The lowest BCUT2D eigenvalue weighted by Crippen LogP contribution is -2.01. The summed E-state index contributed by atoms with van der Waals surface area (Å²) in [6.45, 7) is 0.683. The lowest BCUT2D eigenvalue weighted by molar-refractivity contribution is 0.0600. The van der Waals surface area contributed by atoms with Crippen molar-refractivity contribution in [3.63, 3.8) is 0 Å². The van der Waals surface area contributed by atoms with Crippen molar-refractivity contribution in [2.24, 2.45) is 0 Å². The zero-order valence-electron chi connectivity index (χ0n) is 10.4. The fourth-order valence-electron chi connectivity index (χ4n) is 1.60. The van der Waals surface area contributed by atoms with E-state index in [1.165, 1.54) is 7.11 Å². The number of carbonyl (C=O) groups is 1. The summed E-state index contributed by atoms with van der Waals surface area (Å²) in [6, 6.07) is 14.7. The van der Waals surface area contributed by atoms with Crippen LogP contribution in [0.2, 0.25) is 5.02 Å². The van der Waals surface area contributed by atoms with Crippen molar-refractivity contribution in [1.29, 1.82) is 0 Å². The van der Waals surface area contributed by atoms with Crippen LogP contribution < -0.4 is 4.74 Å². The predicted octanol–water partition coefficient (Wildman–Crippen LogP) is 3.71. The smallest absolute Gasteiger partial charge is 0.337 e. The van der Waals surface area contributed by atoms with Gasteiger partial charge in [-0.05, 0) is 29.8 Å². The molecule has 0 fully saturated rings. The Morgan fingerprint density at radius 2 is 1.95 bits per heavy atom. The molecule has 2 aliphatic rings. The molecule has 3 nitrogen and oxygen atoms in total. The third-order valence-corrected chi connectivity index (χ3v) is 2.88. The molecule has 2 heterocycles. The van der Waals surface area contributed by atoms with Gasteiger partial charge in [-0.3, -0.25) is 0 Å². The normalized spacial score (nSPS) is 11.1. The maximum absolute atomic E-state index is 10.8. The van der Waals surface area contributed by atoms with E-state index in [4.69, 9.17) is 16.3 Å². The molecular weight excluding hydrogens is 264 g/mol. The van der Waals surface area contributed by atoms with Gasteiger partial charge in [0.1, 0.15) is 12.4 Å². The molecule has 0 N–H and O–H groups in total. The third-order valence-electron chi connectivity index (χ3n) is 2.59. The molecule has 2 aromatic rings. The summed E-state index contributed by atoms with van der Waals surface area (Å²) in [4.78, 5) is 10.8. The van der Waals surface area contributed by atoms with Gasteiger partial charge in [-0.15, -0.1) is 0 Å². The Hall–Kier alpha value is -2.00. The summed E-state index contributed by atoms with van der Waals surface area (Å²) in [6.07, 6.45) is 0. The van der Waals surface area contributed by atoms with Crippen LogP contribution in [0.5, 0.6) is 5.75 Å². The number of benzene rings is 2. The van der Waals surface area contributed by atoms with Crippen molar-refractivity contribution in [2.75, 3.05) is 7.11 Å². The molecule has 2 aliphatic heterocycles. The SMILES string of the molecule is COC(=O)c1ccccc1.Clc1cc2ccc1OC2.